The van der Waals surface area contributed by atoms with Crippen LogP contribution in [0.2, 0.25) is 5.02 Å². The van der Waals surface area contributed by atoms with Gasteiger partial charge in [-0.05, 0) is 72.6 Å². The van der Waals surface area contributed by atoms with Crippen molar-refractivity contribution >= 4 is 47.3 Å². The lowest BCUT2D eigenvalue weighted by Crippen LogP contribution is -2.60. The van der Waals surface area contributed by atoms with Gasteiger partial charge in [0.2, 0.25) is 23.6 Å². The van der Waals surface area contributed by atoms with E-state index in [2.05, 4.69) is 10.6 Å². The van der Waals surface area contributed by atoms with Crippen molar-refractivity contribution in [1.82, 2.24) is 25.3 Å². The molecule has 5 amide bonds. The summed E-state index contributed by atoms with van der Waals surface area (Å²) in [6.07, 6.45) is 1.15. The Morgan fingerprint density at radius 2 is 1.11 bits per heavy atom. The van der Waals surface area contributed by atoms with Crippen LogP contribution < -0.4 is 10.6 Å². The molecule has 7 aromatic carbocycles. The molecule has 2 N–H and O–H groups in total. The number of nitrogens with one attached hydrogen (secondary N) is 2. The highest BCUT2D eigenvalue weighted by Crippen LogP contribution is 2.46. The zero-order valence-electron chi connectivity index (χ0n) is 46.1. The van der Waals surface area contributed by atoms with Gasteiger partial charge in [0.1, 0.15) is 30.8 Å². The lowest BCUT2D eigenvalue weighted by atomic mass is 9.79. The van der Waals surface area contributed by atoms with Crippen molar-refractivity contribution in [3.8, 4) is 11.1 Å². The molecule has 1 unspecified atom stereocenters. The van der Waals surface area contributed by atoms with E-state index in [-0.39, 0.29) is 31.3 Å². The number of halogens is 1. The number of nitrogens with zero attached hydrogens (tertiary/aromatic N) is 3. The van der Waals surface area contributed by atoms with Crippen molar-refractivity contribution in [3.63, 3.8) is 0 Å². The van der Waals surface area contributed by atoms with Crippen LogP contribution in [-0.2, 0) is 51.9 Å². The summed E-state index contributed by atoms with van der Waals surface area (Å²) in [6.45, 7) is 4.70. The van der Waals surface area contributed by atoms with E-state index in [1.165, 1.54) is 23.9 Å². The van der Waals surface area contributed by atoms with E-state index in [1.54, 1.807) is 36.1 Å². The summed E-state index contributed by atoms with van der Waals surface area (Å²) < 4.78 is 12.8. The first-order chi connectivity index (χ1) is 39.2. The van der Waals surface area contributed by atoms with E-state index in [9.17, 15) is 14.4 Å². The van der Waals surface area contributed by atoms with Gasteiger partial charge in [0, 0.05) is 67.7 Å². The number of rotatable bonds is 20. The molecule has 9 rings (SSSR count). The summed E-state index contributed by atoms with van der Waals surface area (Å²) in [4.78, 5) is 93.3. The van der Waals surface area contributed by atoms with Gasteiger partial charge in [0.25, 0.3) is 0 Å². The van der Waals surface area contributed by atoms with Gasteiger partial charge in [-0.3, -0.25) is 24.0 Å². The number of piperidine rings is 1. The lowest BCUT2D eigenvalue weighted by molar-refractivity contribution is -0.156. The van der Waals surface area contributed by atoms with Gasteiger partial charge in [-0.15, -0.1) is 0 Å². The molecule has 2 aliphatic rings. The van der Waals surface area contributed by atoms with Gasteiger partial charge in [0.15, 0.2) is 5.60 Å². The van der Waals surface area contributed by atoms with E-state index in [4.69, 9.17) is 21.1 Å². The molecule has 81 heavy (non-hydrogen) atoms. The summed E-state index contributed by atoms with van der Waals surface area (Å²) >= 11 is 7.05. The lowest BCUT2D eigenvalue weighted by Gasteiger charge is -2.37. The van der Waals surface area contributed by atoms with Crippen LogP contribution in [0, 0.1) is 6.92 Å². The maximum Gasteiger partial charge on any atom is 0.407 e. The Morgan fingerprint density at radius 1 is 0.605 bits per heavy atom. The zero-order chi connectivity index (χ0) is 57.0. The molecule has 0 spiro atoms. The largest absolute Gasteiger partial charge is 0.449 e. The average Bonchev–Trinajstić information content (AvgIpc) is 3.89. The Morgan fingerprint density at radius 3 is 1.70 bits per heavy atom. The molecular formula is C67H68ClN5O8. The van der Waals surface area contributed by atoms with Crippen molar-refractivity contribution < 1.29 is 38.2 Å². The minimum atomic E-state index is -1.67. The summed E-state index contributed by atoms with van der Waals surface area (Å²) in [5, 5.41) is 5.97. The number of likely N-dealkylation sites (tertiary alicyclic amines) is 1. The van der Waals surface area contributed by atoms with Gasteiger partial charge in [0.05, 0.1) is 6.42 Å². The molecule has 0 bridgehead atoms. The van der Waals surface area contributed by atoms with Crippen LogP contribution in [0.3, 0.4) is 0 Å². The molecule has 13 nitrogen and oxygen atoms in total. The van der Waals surface area contributed by atoms with Gasteiger partial charge in [-0.1, -0.05) is 199 Å². The van der Waals surface area contributed by atoms with E-state index in [0.717, 1.165) is 52.6 Å². The number of hydrogen-bond acceptors (Lipinski definition) is 8. The molecule has 1 saturated heterocycles. The van der Waals surface area contributed by atoms with Crippen molar-refractivity contribution in [2.75, 3.05) is 33.8 Å². The van der Waals surface area contributed by atoms with Gasteiger partial charge < -0.3 is 34.8 Å². The third-order valence-corrected chi connectivity index (χ3v) is 16.0. The zero-order valence-corrected chi connectivity index (χ0v) is 46.9. The Bertz CT molecular complexity index is 3290. The van der Waals surface area contributed by atoms with Crippen LogP contribution in [-0.4, -0.2) is 108 Å². The van der Waals surface area contributed by atoms with Gasteiger partial charge >= 0.3 is 12.1 Å². The van der Waals surface area contributed by atoms with E-state index in [0.29, 0.717) is 40.4 Å². The fourth-order valence-corrected chi connectivity index (χ4v) is 11.5. The van der Waals surface area contributed by atoms with E-state index in [1.807, 2.05) is 171 Å². The van der Waals surface area contributed by atoms with Crippen LogP contribution >= 0.6 is 11.6 Å². The number of ether oxygens (including phenoxy) is 2. The summed E-state index contributed by atoms with van der Waals surface area (Å²) in [6, 6.07) is 53.0. The van der Waals surface area contributed by atoms with Crippen LogP contribution in [0.5, 0.6) is 0 Å². The van der Waals surface area contributed by atoms with Crippen LogP contribution in [0.4, 0.5) is 4.79 Å². The fourth-order valence-electron chi connectivity index (χ4n) is 11.2. The molecule has 1 aliphatic carbocycles. The normalized spacial score (nSPS) is 15.0. The monoisotopic (exact) mass is 1110 g/mol. The highest BCUT2D eigenvalue weighted by atomic mass is 35.5. The van der Waals surface area contributed by atoms with Crippen molar-refractivity contribution in [1.29, 1.82) is 0 Å². The smallest absolute Gasteiger partial charge is 0.407 e. The number of hydrogen-bond donors (Lipinski definition) is 2. The summed E-state index contributed by atoms with van der Waals surface area (Å²) in [5.74, 6) is -3.39. The predicted molar refractivity (Wildman–Crippen MR) is 313 cm³/mol. The van der Waals surface area contributed by atoms with Crippen LogP contribution in [0.1, 0.15) is 83.0 Å². The second kappa shape index (κ2) is 26.2. The maximum absolute atomic E-state index is 15.6. The average molecular weight is 1110 g/mol. The minimum absolute atomic E-state index is 0.0189. The minimum Gasteiger partial charge on any atom is -0.449 e. The predicted octanol–water partition coefficient (Wildman–Crippen LogP) is 10.4. The first kappa shape index (κ1) is 57.1. The molecule has 14 heteroatoms. The topological polar surface area (TPSA) is 155 Å². The molecular weight excluding hydrogens is 1040 g/mol. The molecule has 1 aliphatic heterocycles. The molecule has 5 atom stereocenters. The number of aryl methyl sites for hydroxylation is 1. The number of alkyl carbamates (subject to hydrolysis) is 1. The number of amides is 5. The molecule has 1 fully saturated rings. The third kappa shape index (κ3) is 13.1. The van der Waals surface area contributed by atoms with E-state index < -0.39 is 66.0 Å². The van der Waals surface area contributed by atoms with Gasteiger partial charge in [-0.25, -0.2) is 4.79 Å². The number of esters is 1. The summed E-state index contributed by atoms with van der Waals surface area (Å²) in [5.41, 5.74) is 6.35. The van der Waals surface area contributed by atoms with Crippen molar-refractivity contribution in [2.45, 2.75) is 88.1 Å². The highest BCUT2D eigenvalue weighted by Gasteiger charge is 2.45. The Hall–Kier alpha value is -8.55. The van der Waals surface area contributed by atoms with Crippen molar-refractivity contribution in [3.05, 3.63) is 238 Å². The maximum atomic E-state index is 15.6. The fraction of sp³-hybridized carbons (Fsp3) is 0.284. The quantitative estimate of drug-likeness (QED) is 0.0565. The highest BCUT2D eigenvalue weighted by molar-refractivity contribution is 6.31. The number of carbonyl (C=O) groups excluding carboxylic acids is 6. The Labute approximate surface area is 479 Å². The molecule has 0 radical (unpaired) electrons. The number of carbonyl (C=O) groups is 6. The number of fused-ring (bicyclic) bond motifs is 3. The van der Waals surface area contributed by atoms with Gasteiger partial charge in [-0.2, -0.15) is 0 Å². The third-order valence-electron chi connectivity index (χ3n) is 15.6. The standard InChI is InChI=1S/C67H68ClN5O8/c1-45-35-37-50(38-36-45)67(49-27-13-7-14-28-49,56-33-19-20-34-57(56)68)81-61(74)43-58(70-66(79)80-44-55-53-31-17-15-29-51(53)52-30-16-18-32-54(52)55)64(77)72(4)60(42-48-25-11-6-12-26-48)65(78)71(3)59(41-47-23-9-5-10-24-47)62(75)69-46(2)63(76)73-39-21-8-22-40-73/h5-7,9-20,23-38,46,55,58-60H,8,21-22,39-44H2,1-4H3,(H,69,75)(H,70,79)/t46-,58-,59-,60-,67?/m0/s1. The second-order valence-corrected chi connectivity index (χ2v) is 21.4. The second-order valence-electron chi connectivity index (χ2n) is 21.0. The van der Waals surface area contributed by atoms with Crippen molar-refractivity contribution in [2.24, 2.45) is 0 Å². The van der Waals surface area contributed by atoms with E-state index >= 15 is 14.4 Å². The molecule has 0 aromatic heterocycles. The van der Waals surface area contributed by atoms with Crippen LogP contribution in [0.15, 0.2) is 188 Å². The SMILES string of the molecule is Cc1ccc(C(OC(=O)C[C@H](NC(=O)OCC2c3ccccc3-c3ccccc32)C(=O)N(C)[C@@H](Cc2ccccc2)C(=O)N(C)[C@@H](Cc2ccccc2)C(=O)N[C@@H](C)C(=O)N2CCCCC2)(c2ccccc2)c2ccccc2Cl)cc1. The Kier molecular flexibility index (Phi) is 18.4. The number of likely N-dealkylation sites (N-methyl/N-ethyl adjacent to an activating group) is 2. The first-order valence-corrected chi connectivity index (χ1v) is 28.0. The summed E-state index contributed by atoms with van der Waals surface area (Å²) in [7, 11) is 2.95. The Balaban J connectivity index is 1.06. The first-order valence-electron chi connectivity index (χ1n) is 27.6. The molecule has 7 aromatic rings. The molecule has 416 valence electrons. The molecule has 1 heterocycles. The van der Waals surface area contributed by atoms with Crippen LogP contribution in [0.25, 0.3) is 11.1 Å². The molecule has 0 saturated carbocycles. The number of benzene rings is 7.